The van der Waals surface area contributed by atoms with Crippen molar-refractivity contribution in [1.82, 2.24) is 0 Å². The molecule has 1 unspecified atom stereocenters. The molecule has 156 valence electrons. The molecular formula is C20H24N2O6S. The van der Waals surface area contributed by atoms with E-state index in [-0.39, 0.29) is 12.2 Å². The van der Waals surface area contributed by atoms with E-state index in [1.54, 1.807) is 62.4 Å². The molecular weight excluding hydrogens is 396 g/mol. The van der Waals surface area contributed by atoms with Crippen molar-refractivity contribution in [2.45, 2.75) is 20.0 Å². The van der Waals surface area contributed by atoms with Crippen LogP contribution in [0.15, 0.2) is 48.5 Å². The summed E-state index contributed by atoms with van der Waals surface area (Å²) in [4.78, 5) is 24.5. The molecule has 0 saturated carbocycles. The van der Waals surface area contributed by atoms with E-state index < -0.39 is 28.0 Å². The minimum Gasteiger partial charge on any atom is -0.481 e. The molecule has 1 amide bonds. The zero-order valence-electron chi connectivity index (χ0n) is 16.7. The quantitative estimate of drug-likeness (QED) is 0.659. The summed E-state index contributed by atoms with van der Waals surface area (Å²) in [7, 11) is -1.92. The van der Waals surface area contributed by atoms with E-state index in [2.05, 4.69) is 5.32 Å². The average Bonchev–Trinajstić information content (AvgIpc) is 2.67. The predicted molar refractivity (Wildman–Crippen MR) is 111 cm³/mol. The normalized spacial score (nSPS) is 12.0. The standard InChI is InChI=1S/C20H24N2O6S/c1-5-27-20(24)17-8-6-7-9-18(17)21-19(23)14(2)28-16-12-10-15(11-13-16)22(3)29(4,25)26/h6-14H,5H2,1-4H3,(H,21,23). The first kappa shape index (κ1) is 22.2. The first-order valence-electron chi connectivity index (χ1n) is 8.91. The minimum atomic E-state index is -3.36. The summed E-state index contributed by atoms with van der Waals surface area (Å²) in [5.74, 6) is -0.571. The van der Waals surface area contributed by atoms with Gasteiger partial charge in [-0.15, -0.1) is 0 Å². The molecule has 1 atom stereocenters. The number of sulfonamides is 1. The number of para-hydroxylation sites is 1. The van der Waals surface area contributed by atoms with Crippen molar-refractivity contribution in [2.24, 2.45) is 0 Å². The van der Waals surface area contributed by atoms with Crippen LogP contribution in [-0.4, -0.2) is 46.3 Å². The van der Waals surface area contributed by atoms with Crippen LogP contribution in [0.1, 0.15) is 24.2 Å². The Kier molecular flexibility index (Phi) is 7.22. The molecule has 0 fully saturated rings. The van der Waals surface area contributed by atoms with E-state index in [0.717, 1.165) is 10.6 Å². The van der Waals surface area contributed by atoms with Gasteiger partial charge in [-0.1, -0.05) is 12.1 Å². The van der Waals surface area contributed by atoms with Crippen molar-refractivity contribution in [1.29, 1.82) is 0 Å². The van der Waals surface area contributed by atoms with Crippen LogP contribution in [0.2, 0.25) is 0 Å². The minimum absolute atomic E-state index is 0.227. The molecule has 0 aliphatic heterocycles. The Hall–Kier alpha value is -3.07. The highest BCUT2D eigenvalue weighted by molar-refractivity contribution is 7.92. The third-order valence-corrected chi connectivity index (χ3v) is 5.27. The Bertz CT molecular complexity index is 973. The van der Waals surface area contributed by atoms with Gasteiger partial charge in [0.1, 0.15) is 5.75 Å². The number of amides is 1. The lowest BCUT2D eigenvalue weighted by molar-refractivity contribution is -0.122. The van der Waals surface area contributed by atoms with Crippen molar-refractivity contribution >= 4 is 33.3 Å². The number of carbonyl (C=O) groups is 2. The van der Waals surface area contributed by atoms with E-state index in [1.165, 1.54) is 7.05 Å². The highest BCUT2D eigenvalue weighted by Crippen LogP contribution is 2.22. The van der Waals surface area contributed by atoms with Crippen molar-refractivity contribution < 1.29 is 27.5 Å². The van der Waals surface area contributed by atoms with Crippen LogP contribution in [0, 0.1) is 0 Å². The molecule has 0 bridgehead atoms. The summed E-state index contributed by atoms with van der Waals surface area (Å²) in [5, 5.41) is 2.67. The second-order valence-corrected chi connectivity index (χ2v) is 8.25. The first-order valence-corrected chi connectivity index (χ1v) is 10.8. The van der Waals surface area contributed by atoms with Crippen LogP contribution in [0.5, 0.6) is 5.75 Å². The Morgan fingerprint density at radius 1 is 1.10 bits per heavy atom. The number of esters is 1. The van der Waals surface area contributed by atoms with E-state index >= 15 is 0 Å². The summed E-state index contributed by atoms with van der Waals surface area (Å²) >= 11 is 0. The molecule has 1 N–H and O–H groups in total. The van der Waals surface area contributed by atoms with Crippen LogP contribution in [0.3, 0.4) is 0 Å². The van der Waals surface area contributed by atoms with Crippen LogP contribution >= 0.6 is 0 Å². The Labute approximate surface area is 170 Å². The van der Waals surface area contributed by atoms with Gasteiger partial charge in [0.15, 0.2) is 6.10 Å². The van der Waals surface area contributed by atoms with Crippen LogP contribution in [0.4, 0.5) is 11.4 Å². The van der Waals surface area contributed by atoms with Crippen LogP contribution < -0.4 is 14.4 Å². The average molecular weight is 420 g/mol. The molecule has 0 aromatic heterocycles. The summed E-state index contributed by atoms with van der Waals surface area (Å²) in [6.07, 6.45) is 0.251. The number of hydrogen-bond donors (Lipinski definition) is 1. The second kappa shape index (κ2) is 9.42. The van der Waals surface area contributed by atoms with E-state index in [0.29, 0.717) is 17.1 Å². The topological polar surface area (TPSA) is 102 Å². The number of nitrogens with one attached hydrogen (secondary N) is 1. The molecule has 0 aliphatic rings. The fourth-order valence-corrected chi connectivity index (χ4v) is 2.90. The van der Waals surface area contributed by atoms with Gasteiger partial charge in [0, 0.05) is 7.05 Å². The maximum Gasteiger partial charge on any atom is 0.340 e. The SMILES string of the molecule is CCOC(=O)c1ccccc1NC(=O)C(C)Oc1ccc(N(C)S(C)(=O)=O)cc1. The van der Waals surface area contributed by atoms with E-state index in [9.17, 15) is 18.0 Å². The van der Waals surface area contributed by atoms with Gasteiger partial charge in [0.2, 0.25) is 10.0 Å². The van der Waals surface area contributed by atoms with E-state index in [1.807, 2.05) is 0 Å². The maximum absolute atomic E-state index is 12.5. The molecule has 0 aliphatic carbocycles. The van der Waals surface area contributed by atoms with Crippen LogP contribution in [0.25, 0.3) is 0 Å². The monoisotopic (exact) mass is 420 g/mol. The second-order valence-electron chi connectivity index (χ2n) is 6.24. The largest absolute Gasteiger partial charge is 0.481 e. The third kappa shape index (κ3) is 5.95. The molecule has 0 saturated heterocycles. The van der Waals surface area contributed by atoms with E-state index in [4.69, 9.17) is 9.47 Å². The molecule has 0 spiro atoms. The van der Waals surface area contributed by atoms with Gasteiger partial charge in [-0.05, 0) is 50.2 Å². The third-order valence-electron chi connectivity index (χ3n) is 4.06. The number of benzene rings is 2. The summed E-state index contributed by atoms with van der Waals surface area (Å²) in [6.45, 7) is 3.50. The zero-order valence-corrected chi connectivity index (χ0v) is 17.5. The van der Waals surface area contributed by atoms with Gasteiger partial charge in [-0.2, -0.15) is 0 Å². The number of hydrogen-bond acceptors (Lipinski definition) is 6. The molecule has 0 heterocycles. The van der Waals surface area contributed by atoms with Gasteiger partial charge in [0.05, 0.1) is 29.8 Å². The number of carbonyl (C=O) groups excluding carboxylic acids is 2. The molecule has 2 aromatic carbocycles. The van der Waals surface area contributed by atoms with Gasteiger partial charge >= 0.3 is 5.97 Å². The van der Waals surface area contributed by atoms with Crippen molar-refractivity contribution in [2.75, 3.05) is 29.5 Å². The highest BCUT2D eigenvalue weighted by atomic mass is 32.2. The number of anilines is 2. The molecule has 2 aromatic rings. The fourth-order valence-electron chi connectivity index (χ4n) is 2.40. The van der Waals surface area contributed by atoms with Gasteiger partial charge < -0.3 is 14.8 Å². The molecule has 29 heavy (non-hydrogen) atoms. The van der Waals surface area contributed by atoms with Crippen molar-refractivity contribution in [3.8, 4) is 5.75 Å². The first-order chi connectivity index (χ1) is 13.6. The number of nitrogens with zero attached hydrogens (tertiary/aromatic N) is 1. The van der Waals surface area contributed by atoms with Gasteiger partial charge in [0.25, 0.3) is 5.91 Å². The number of rotatable bonds is 8. The zero-order chi connectivity index (χ0) is 21.6. The molecule has 8 nitrogen and oxygen atoms in total. The summed E-state index contributed by atoms with van der Waals surface area (Å²) < 4.78 is 34.9. The fraction of sp³-hybridized carbons (Fsp3) is 0.300. The lowest BCUT2D eigenvalue weighted by atomic mass is 10.1. The number of ether oxygens (including phenoxy) is 2. The lowest BCUT2D eigenvalue weighted by Crippen LogP contribution is -2.31. The van der Waals surface area contributed by atoms with Crippen molar-refractivity contribution in [3.63, 3.8) is 0 Å². The Morgan fingerprint density at radius 2 is 1.72 bits per heavy atom. The van der Waals surface area contributed by atoms with Crippen LogP contribution in [-0.2, 0) is 19.6 Å². The smallest absolute Gasteiger partial charge is 0.340 e. The predicted octanol–water partition coefficient (Wildman–Crippen LogP) is 2.67. The summed E-state index contributed by atoms with van der Waals surface area (Å²) in [6, 6.07) is 12.9. The molecule has 0 radical (unpaired) electrons. The highest BCUT2D eigenvalue weighted by Gasteiger charge is 2.19. The molecule has 9 heteroatoms. The Morgan fingerprint density at radius 3 is 2.31 bits per heavy atom. The maximum atomic E-state index is 12.5. The molecule has 2 rings (SSSR count). The lowest BCUT2D eigenvalue weighted by Gasteiger charge is -2.18. The summed E-state index contributed by atoms with van der Waals surface area (Å²) in [5.41, 5.74) is 1.06. The van der Waals surface area contributed by atoms with Crippen molar-refractivity contribution in [3.05, 3.63) is 54.1 Å². The van der Waals surface area contributed by atoms with Gasteiger partial charge in [-0.3, -0.25) is 9.10 Å². The Balaban J connectivity index is 2.06. The van der Waals surface area contributed by atoms with Gasteiger partial charge in [-0.25, -0.2) is 13.2 Å².